The largest absolute Gasteiger partial charge is 0.512 e. The zero-order valence-corrected chi connectivity index (χ0v) is 55.9. The Bertz CT molecular complexity index is 3600. The molecule has 3 aromatic heterocycles. The third-order valence-electron chi connectivity index (χ3n) is 11.5. The number of allylic oxidation sites excluding steroid dienone is 6. The fourth-order valence-electron chi connectivity index (χ4n) is 8.17. The minimum Gasteiger partial charge on any atom is -0.512 e. The predicted molar refractivity (Wildman–Crippen MR) is 322 cm³/mol. The van der Waals surface area contributed by atoms with Crippen LogP contribution < -0.4 is 0 Å². The second-order valence-electron chi connectivity index (χ2n) is 19.4. The summed E-state index contributed by atoms with van der Waals surface area (Å²) in [6.07, 6.45) is 2.33. The molecule has 3 heterocycles. The Hall–Kier alpha value is -6.87. The van der Waals surface area contributed by atoms with Crippen LogP contribution in [0.3, 0.4) is 0 Å². The van der Waals surface area contributed by atoms with E-state index in [0.29, 0.717) is 5.57 Å². The van der Waals surface area contributed by atoms with Crippen LogP contribution >= 0.6 is 0 Å². The van der Waals surface area contributed by atoms with E-state index in [9.17, 15) is 14.4 Å². The average Bonchev–Trinajstić information content (AvgIpc) is 3.34. The maximum atomic E-state index is 10.4. The summed E-state index contributed by atoms with van der Waals surface area (Å²) in [6.45, 7) is 26.9. The Kier molecular flexibility index (Phi) is 31.3. The van der Waals surface area contributed by atoms with Gasteiger partial charge in [-0.1, -0.05) is 126 Å². The molecule has 12 heteroatoms. The predicted octanol–water partition coefficient (Wildman–Crippen LogP) is 17.1. The Morgan fingerprint density at radius 3 is 1.28 bits per heavy atom. The number of Topliss-reactive ketones (excluding diaryl/α,β-unsaturated/α-hetero) is 1. The molecular weight excluding hydrogens is 1540 g/mol. The van der Waals surface area contributed by atoms with Gasteiger partial charge in [-0.2, -0.15) is 0 Å². The summed E-state index contributed by atoms with van der Waals surface area (Å²) >= 11 is 0. The number of hydrogen-bond acceptors (Lipinski definition) is 9. The molecule has 0 atom stereocenters. The molecule has 6 aromatic carbocycles. The molecule has 3 N–H and O–H groups in total. The van der Waals surface area contributed by atoms with Gasteiger partial charge in [0.2, 0.25) is 0 Å². The van der Waals surface area contributed by atoms with Crippen LogP contribution in [0.5, 0.6) is 0 Å². The quantitative estimate of drug-likeness (QED) is 0.0840. The number of pyridine rings is 3. The number of carbonyl (C=O) groups excluding carboxylic acids is 3. The number of ketones is 3. The fraction of sp³-hybridized carbons (Fsp3) is 0.217. The summed E-state index contributed by atoms with van der Waals surface area (Å²) in [5.74, 6) is -0.0949. The number of aromatic nitrogens is 3. The first kappa shape index (κ1) is 72.1. The van der Waals surface area contributed by atoms with Crippen LogP contribution in [0.4, 0.5) is 0 Å². The van der Waals surface area contributed by atoms with E-state index in [-0.39, 0.29) is 94.9 Å². The van der Waals surface area contributed by atoms with E-state index in [1.165, 1.54) is 97.5 Å². The summed E-state index contributed by atoms with van der Waals surface area (Å²) in [6, 6.07) is 56.3. The zero-order chi connectivity index (χ0) is 57.8. The monoisotopic (exact) mass is 1620 g/mol. The van der Waals surface area contributed by atoms with Crippen LogP contribution in [0.1, 0.15) is 93.1 Å². The molecule has 81 heavy (non-hydrogen) atoms. The molecule has 3 radical (unpaired) electrons. The second kappa shape index (κ2) is 35.1. The van der Waals surface area contributed by atoms with Crippen molar-refractivity contribution in [1.29, 1.82) is 0 Å². The van der Waals surface area contributed by atoms with Gasteiger partial charge in [0.05, 0.1) is 28.3 Å². The third-order valence-corrected chi connectivity index (χ3v) is 11.5. The Balaban J connectivity index is 0.000000507. The van der Waals surface area contributed by atoms with E-state index < -0.39 is 0 Å². The van der Waals surface area contributed by atoms with Gasteiger partial charge < -0.3 is 20.3 Å². The van der Waals surface area contributed by atoms with Gasteiger partial charge >= 0.3 is 0 Å². The van der Waals surface area contributed by atoms with Crippen molar-refractivity contribution in [2.45, 2.75) is 104 Å². The number of aryl methyl sites for hydroxylation is 8. The van der Waals surface area contributed by atoms with Crippen LogP contribution in [-0.2, 0) is 74.7 Å². The van der Waals surface area contributed by atoms with Gasteiger partial charge in [-0.15, -0.1) is 105 Å². The number of rotatable bonds is 6. The molecule has 0 aliphatic heterocycles. The van der Waals surface area contributed by atoms with E-state index in [2.05, 4.69) is 170 Å². The molecule has 0 spiro atoms. The van der Waals surface area contributed by atoms with Gasteiger partial charge in [0, 0.05) is 83.7 Å². The topological polar surface area (TPSA) is 151 Å². The number of carbonyl (C=O) groups is 3. The number of aliphatic hydroxyl groups excluding tert-OH is 3. The van der Waals surface area contributed by atoms with E-state index in [0.717, 1.165) is 67.2 Å². The fourth-order valence-corrected chi connectivity index (χ4v) is 8.17. The summed E-state index contributed by atoms with van der Waals surface area (Å²) in [5, 5.41) is 30.2. The van der Waals surface area contributed by atoms with E-state index in [4.69, 9.17) is 30.3 Å². The van der Waals surface area contributed by atoms with Crippen LogP contribution in [-0.4, -0.2) is 47.6 Å². The van der Waals surface area contributed by atoms with Crippen LogP contribution in [0, 0.1) is 73.6 Å². The van der Waals surface area contributed by atoms with Crippen LogP contribution in [0.2, 0.25) is 0 Å². The smallest absolute Gasteiger partial charge is 0.158 e. The molecule has 0 amide bonds. The van der Waals surface area contributed by atoms with Crippen molar-refractivity contribution >= 4 is 49.9 Å². The maximum absolute atomic E-state index is 10.4. The molecule has 0 bridgehead atoms. The van der Waals surface area contributed by atoms with Gasteiger partial charge in [-0.25, -0.2) is 0 Å². The standard InChI is InChI=1S/2C18H16N.C17H14N.C6H10O2.2C5H8O2.3Ir/c1-12-8-13(2)10-16(9-12)18-17-7-5-4-6-15(17)11-14(3)19-18;1-12-8-13(2)10-16(9-12)18-14(3)11-15-6-4-5-7-17(15)19-18;1-12-9-13(2)11-15(10-12)17-8-7-14-5-3-4-6-16(14)18-17;1-4(5(2)7)6(3)8;2*1-4(6)3-5(2)7;;;/h2*4-9,11H,1-3H3;3-10H,1-2H3;7H,1-3H3;2*3,6H,1-2H3;;;/q3*-1;;;;;;. The van der Waals surface area contributed by atoms with Crippen LogP contribution in [0.15, 0.2) is 168 Å². The van der Waals surface area contributed by atoms with Crippen molar-refractivity contribution in [3.8, 4) is 33.8 Å². The van der Waals surface area contributed by atoms with Crippen molar-refractivity contribution < 1.29 is 90.0 Å². The first-order chi connectivity index (χ1) is 36.8. The third kappa shape index (κ3) is 24.4. The minimum atomic E-state index is -0.125. The van der Waals surface area contributed by atoms with Gasteiger partial charge in [-0.05, 0) is 119 Å². The molecule has 0 aliphatic rings. The number of para-hydroxylation sites is 2. The van der Waals surface area contributed by atoms with Crippen molar-refractivity contribution in [1.82, 2.24) is 15.0 Å². The summed E-state index contributed by atoms with van der Waals surface area (Å²) in [4.78, 5) is 44.6. The molecular formula is C69H72Ir3N3O6-3. The maximum Gasteiger partial charge on any atom is 0.158 e. The number of benzene rings is 6. The van der Waals surface area contributed by atoms with Gasteiger partial charge in [0.15, 0.2) is 17.3 Å². The molecule has 9 rings (SSSR count). The van der Waals surface area contributed by atoms with Gasteiger partial charge in [0.1, 0.15) is 0 Å². The number of fused-ring (bicyclic) bond motifs is 3. The molecule has 0 aliphatic carbocycles. The first-order valence-corrected chi connectivity index (χ1v) is 25.5. The molecule has 0 saturated carbocycles. The van der Waals surface area contributed by atoms with E-state index in [1.807, 2.05) is 37.3 Å². The summed E-state index contributed by atoms with van der Waals surface area (Å²) in [7, 11) is 0. The molecule has 0 unspecified atom stereocenters. The second-order valence-corrected chi connectivity index (χ2v) is 19.4. The normalized spacial score (nSPS) is 10.8. The van der Waals surface area contributed by atoms with E-state index in [1.54, 1.807) is 6.92 Å². The molecule has 9 nitrogen and oxygen atoms in total. The Labute approximate surface area is 519 Å². The average molecular weight is 1620 g/mol. The SMILES string of the molecule is CC(=O)C(C)=C(C)O.CC(=O)C=C(C)O.CC(=O)C=C(C)O.Cc1[c-]c(-c2ccc3ccccc3n2)cc(C)c1.Cc1[c-]c(-c2nc(C)cc3ccccc23)cc(C)c1.Cc1[c-]c(-c2nc3ccccc3cc2C)cc(C)c1.[Ir].[Ir].[Ir]. The molecule has 0 saturated heterocycles. The molecule has 9 aromatic rings. The minimum absolute atomic E-state index is 0. The van der Waals surface area contributed by atoms with Gasteiger partial charge in [0.25, 0.3) is 0 Å². The van der Waals surface area contributed by atoms with Crippen molar-refractivity contribution in [3.05, 3.63) is 231 Å². The number of aliphatic hydroxyl groups is 3. The van der Waals surface area contributed by atoms with Crippen molar-refractivity contribution in [3.63, 3.8) is 0 Å². The Morgan fingerprint density at radius 2 is 0.852 bits per heavy atom. The van der Waals surface area contributed by atoms with Crippen LogP contribution in [0.25, 0.3) is 66.4 Å². The summed E-state index contributed by atoms with van der Waals surface area (Å²) in [5.41, 5.74) is 18.2. The van der Waals surface area contributed by atoms with E-state index >= 15 is 0 Å². The summed E-state index contributed by atoms with van der Waals surface area (Å²) < 4.78 is 0. The van der Waals surface area contributed by atoms with Crippen molar-refractivity contribution in [2.24, 2.45) is 0 Å². The molecule has 429 valence electrons. The number of nitrogens with zero attached hydrogens (tertiary/aromatic N) is 3. The van der Waals surface area contributed by atoms with Crippen molar-refractivity contribution in [2.75, 3.05) is 0 Å². The Morgan fingerprint density at radius 1 is 0.432 bits per heavy atom. The zero-order valence-electron chi connectivity index (χ0n) is 48.8. The first-order valence-electron chi connectivity index (χ1n) is 25.5. The number of hydrogen-bond donors (Lipinski definition) is 3. The molecule has 0 fully saturated rings. The van der Waals surface area contributed by atoms with Gasteiger partial charge in [-0.3, -0.25) is 24.4 Å².